The predicted molar refractivity (Wildman–Crippen MR) is 101 cm³/mol. The molecule has 0 unspecified atom stereocenters. The maximum atomic E-state index is 13.0. The van der Waals surface area contributed by atoms with Crippen molar-refractivity contribution in [3.05, 3.63) is 71.9 Å². The molecular formula is C20H21NO3S. The molecule has 0 fully saturated rings. The maximum absolute atomic E-state index is 13.0. The summed E-state index contributed by atoms with van der Waals surface area (Å²) in [7, 11) is -3.66. The first-order valence-corrected chi connectivity index (χ1v) is 9.46. The summed E-state index contributed by atoms with van der Waals surface area (Å²) in [5.74, 6) is 0. The van der Waals surface area contributed by atoms with E-state index in [0.717, 1.165) is 16.5 Å². The van der Waals surface area contributed by atoms with Crippen LogP contribution in [0.1, 0.15) is 25.0 Å². The van der Waals surface area contributed by atoms with Gasteiger partial charge in [0, 0.05) is 11.6 Å². The lowest BCUT2D eigenvalue weighted by molar-refractivity contribution is 0.134. The highest BCUT2D eigenvalue weighted by Gasteiger charge is 2.19. The largest absolute Gasteiger partial charge is 0.386 e. The zero-order chi connectivity index (χ0) is 18.2. The lowest BCUT2D eigenvalue weighted by atomic mass is 10.1. The Balaban J connectivity index is 2.13. The lowest BCUT2D eigenvalue weighted by Gasteiger charge is -2.11. The number of hydrogen-bond acceptors (Lipinski definition) is 3. The molecule has 0 saturated heterocycles. The lowest BCUT2D eigenvalue weighted by Crippen LogP contribution is -2.13. The van der Waals surface area contributed by atoms with Crippen molar-refractivity contribution in [2.45, 2.75) is 31.3 Å². The van der Waals surface area contributed by atoms with E-state index in [1.165, 1.54) is 3.97 Å². The minimum atomic E-state index is -3.66. The van der Waals surface area contributed by atoms with Gasteiger partial charge < -0.3 is 5.11 Å². The molecule has 1 N–H and O–H groups in total. The van der Waals surface area contributed by atoms with E-state index in [0.29, 0.717) is 5.52 Å². The van der Waals surface area contributed by atoms with Crippen molar-refractivity contribution in [1.82, 2.24) is 3.97 Å². The number of benzene rings is 2. The second-order valence-corrected chi connectivity index (χ2v) is 8.51. The number of aliphatic hydroxyl groups is 1. The Bertz CT molecular complexity index is 1040. The van der Waals surface area contributed by atoms with Crippen LogP contribution >= 0.6 is 0 Å². The Kier molecular flexibility index (Phi) is 4.31. The Morgan fingerprint density at radius 2 is 1.72 bits per heavy atom. The highest BCUT2D eigenvalue weighted by molar-refractivity contribution is 7.90. The first kappa shape index (κ1) is 17.5. The monoisotopic (exact) mass is 355 g/mol. The molecule has 1 aromatic heterocycles. The highest BCUT2D eigenvalue weighted by Crippen LogP contribution is 2.26. The zero-order valence-electron chi connectivity index (χ0n) is 14.5. The van der Waals surface area contributed by atoms with Crippen molar-refractivity contribution in [1.29, 1.82) is 0 Å². The molecule has 0 spiro atoms. The maximum Gasteiger partial charge on any atom is 0.268 e. The zero-order valence-corrected chi connectivity index (χ0v) is 15.3. The van der Waals surface area contributed by atoms with Gasteiger partial charge in [-0.15, -0.1) is 0 Å². The third kappa shape index (κ3) is 3.52. The summed E-state index contributed by atoms with van der Waals surface area (Å²) in [6.45, 7) is 5.30. The minimum Gasteiger partial charge on any atom is -0.386 e. The van der Waals surface area contributed by atoms with Crippen molar-refractivity contribution < 1.29 is 13.5 Å². The number of aromatic nitrogens is 1. The fraction of sp³-hybridized carbons (Fsp3) is 0.200. The van der Waals surface area contributed by atoms with Crippen LogP contribution in [0.3, 0.4) is 0 Å². The molecule has 5 heteroatoms. The van der Waals surface area contributed by atoms with Crippen LogP contribution in [-0.2, 0) is 10.0 Å². The second kappa shape index (κ2) is 6.17. The van der Waals surface area contributed by atoms with E-state index < -0.39 is 15.6 Å². The number of aryl methyl sites for hydroxylation is 1. The van der Waals surface area contributed by atoms with Gasteiger partial charge in [0.25, 0.3) is 10.0 Å². The molecule has 130 valence electrons. The minimum absolute atomic E-state index is 0.257. The summed E-state index contributed by atoms with van der Waals surface area (Å²) in [4.78, 5) is 0.257. The molecule has 1 heterocycles. The summed E-state index contributed by atoms with van der Waals surface area (Å²) in [6.07, 6.45) is 5.07. The van der Waals surface area contributed by atoms with Crippen LogP contribution in [0.4, 0.5) is 0 Å². The fourth-order valence-electron chi connectivity index (χ4n) is 2.64. The van der Waals surface area contributed by atoms with E-state index in [9.17, 15) is 13.5 Å². The molecule has 3 aromatic rings. The standard InChI is InChI=1S/C20H21NO3S/c1-15-7-9-17(10-8-15)25(23,24)21-14-12-18-16(5-4-6-19(18)21)11-13-20(2,3)22/h4-14,22H,1-3H3/b13-11+. The van der Waals surface area contributed by atoms with Crippen LogP contribution in [0.15, 0.2) is 65.7 Å². The molecule has 2 aromatic carbocycles. The molecule has 0 aliphatic heterocycles. The normalized spacial score (nSPS) is 13.0. The van der Waals surface area contributed by atoms with Gasteiger partial charge in [-0.05, 0) is 50.6 Å². The van der Waals surface area contributed by atoms with Gasteiger partial charge >= 0.3 is 0 Å². The molecule has 0 radical (unpaired) electrons. The van der Waals surface area contributed by atoms with Gasteiger partial charge in [0.1, 0.15) is 0 Å². The first-order chi connectivity index (χ1) is 11.7. The molecule has 0 amide bonds. The Hall–Kier alpha value is -2.37. The smallest absolute Gasteiger partial charge is 0.268 e. The summed E-state index contributed by atoms with van der Waals surface area (Å²) in [6, 6.07) is 14.1. The molecule has 0 aliphatic carbocycles. The number of hydrogen-bond donors (Lipinski definition) is 1. The van der Waals surface area contributed by atoms with Crippen molar-refractivity contribution in [3.8, 4) is 0 Å². The van der Waals surface area contributed by atoms with E-state index >= 15 is 0 Å². The summed E-state index contributed by atoms with van der Waals surface area (Å²) in [5.41, 5.74) is 1.55. The van der Waals surface area contributed by atoms with Crippen molar-refractivity contribution >= 4 is 27.0 Å². The Morgan fingerprint density at radius 3 is 2.36 bits per heavy atom. The quantitative estimate of drug-likeness (QED) is 0.770. The topological polar surface area (TPSA) is 59.3 Å². The van der Waals surface area contributed by atoms with Crippen LogP contribution < -0.4 is 0 Å². The summed E-state index contributed by atoms with van der Waals surface area (Å²) in [5, 5.41) is 10.7. The van der Waals surface area contributed by atoms with E-state index in [1.807, 2.05) is 25.1 Å². The SMILES string of the molecule is Cc1ccc(S(=O)(=O)n2ccc3c(/C=C/C(C)(C)O)cccc32)cc1. The number of nitrogens with zero attached hydrogens (tertiary/aromatic N) is 1. The van der Waals surface area contributed by atoms with Crippen LogP contribution in [-0.4, -0.2) is 23.1 Å². The van der Waals surface area contributed by atoms with Crippen LogP contribution in [0.2, 0.25) is 0 Å². The Morgan fingerprint density at radius 1 is 1.04 bits per heavy atom. The molecular weight excluding hydrogens is 334 g/mol. The van der Waals surface area contributed by atoms with Gasteiger partial charge in [0.2, 0.25) is 0 Å². The average molecular weight is 355 g/mol. The molecule has 25 heavy (non-hydrogen) atoms. The van der Waals surface area contributed by atoms with Crippen LogP contribution in [0.5, 0.6) is 0 Å². The van der Waals surface area contributed by atoms with Crippen molar-refractivity contribution in [2.75, 3.05) is 0 Å². The van der Waals surface area contributed by atoms with Gasteiger partial charge in [0.15, 0.2) is 0 Å². The third-order valence-electron chi connectivity index (χ3n) is 3.98. The van der Waals surface area contributed by atoms with Gasteiger partial charge in [-0.3, -0.25) is 0 Å². The first-order valence-electron chi connectivity index (χ1n) is 8.02. The van der Waals surface area contributed by atoms with Crippen LogP contribution in [0.25, 0.3) is 17.0 Å². The Labute approximate surface area is 148 Å². The van der Waals surface area contributed by atoms with E-state index in [1.54, 1.807) is 62.5 Å². The summed E-state index contributed by atoms with van der Waals surface area (Å²) < 4.78 is 27.2. The van der Waals surface area contributed by atoms with Crippen molar-refractivity contribution in [3.63, 3.8) is 0 Å². The summed E-state index contributed by atoms with van der Waals surface area (Å²) >= 11 is 0. The number of fused-ring (bicyclic) bond motifs is 1. The average Bonchev–Trinajstić information content (AvgIpc) is 2.98. The number of rotatable bonds is 4. The molecule has 3 rings (SSSR count). The van der Waals surface area contributed by atoms with E-state index in [4.69, 9.17) is 0 Å². The molecule has 0 bridgehead atoms. The van der Waals surface area contributed by atoms with E-state index in [-0.39, 0.29) is 4.90 Å². The molecule has 0 atom stereocenters. The molecule has 0 aliphatic rings. The van der Waals surface area contributed by atoms with Crippen LogP contribution in [0, 0.1) is 6.92 Å². The third-order valence-corrected chi connectivity index (χ3v) is 5.68. The van der Waals surface area contributed by atoms with Gasteiger partial charge in [-0.25, -0.2) is 12.4 Å². The van der Waals surface area contributed by atoms with Gasteiger partial charge in [-0.1, -0.05) is 42.0 Å². The predicted octanol–water partition coefficient (Wildman–Crippen LogP) is 3.97. The van der Waals surface area contributed by atoms with E-state index in [2.05, 4.69) is 0 Å². The van der Waals surface area contributed by atoms with Crippen molar-refractivity contribution in [2.24, 2.45) is 0 Å². The second-order valence-electron chi connectivity index (χ2n) is 6.70. The van der Waals surface area contributed by atoms with Gasteiger partial charge in [-0.2, -0.15) is 0 Å². The van der Waals surface area contributed by atoms with Gasteiger partial charge in [0.05, 0.1) is 16.0 Å². The molecule has 0 saturated carbocycles. The fourth-order valence-corrected chi connectivity index (χ4v) is 3.99. The highest BCUT2D eigenvalue weighted by atomic mass is 32.2. The molecule has 4 nitrogen and oxygen atoms in total.